The number of hydrogen-bond donors (Lipinski definition) is 2. The Morgan fingerprint density at radius 3 is 2.62 bits per heavy atom. The smallest absolute Gasteiger partial charge is 0.318 e. The summed E-state index contributed by atoms with van der Waals surface area (Å²) in [5.41, 5.74) is 2.10. The average molecular weight is 494 g/mol. The summed E-state index contributed by atoms with van der Waals surface area (Å²) >= 11 is 2.87. The molecule has 34 heavy (non-hydrogen) atoms. The predicted molar refractivity (Wildman–Crippen MR) is 129 cm³/mol. The van der Waals surface area contributed by atoms with E-state index in [9.17, 15) is 19.2 Å². The third-order valence-electron chi connectivity index (χ3n) is 5.79. The van der Waals surface area contributed by atoms with Crippen LogP contribution < -0.4 is 16.3 Å². The van der Waals surface area contributed by atoms with Gasteiger partial charge in [-0.1, -0.05) is 43.3 Å². The number of thiophene rings is 2. The largest absolute Gasteiger partial charge is 0.344 e. The zero-order chi connectivity index (χ0) is 23.9. The predicted octanol–water partition coefficient (Wildman–Crippen LogP) is 3.08. The number of imide groups is 1. The van der Waals surface area contributed by atoms with E-state index < -0.39 is 29.9 Å². The van der Waals surface area contributed by atoms with E-state index in [1.807, 2.05) is 29.0 Å². The summed E-state index contributed by atoms with van der Waals surface area (Å²) in [5.74, 6) is -1.28. The molecule has 1 aromatic carbocycles. The van der Waals surface area contributed by atoms with Crippen LogP contribution in [0.25, 0.3) is 20.7 Å². The van der Waals surface area contributed by atoms with Gasteiger partial charge in [0.2, 0.25) is 0 Å². The number of benzene rings is 1. The van der Waals surface area contributed by atoms with Gasteiger partial charge in [0, 0.05) is 15.8 Å². The van der Waals surface area contributed by atoms with Crippen LogP contribution in [0.3, 0.4) is 0 Å². The molecule has 5 rings (SSSR count). The van der Waals surface area contributed by atoms with Gasteiger partial charge in [0.1, 0.15) is 16.9 Å². The van der Waals surface area contributed by atoms with Crippen molar-refractivity contribution in [3.05, 3.63) is 75.5 Å². The van der Waals surface area contributed by atoms with Crippen LogP contribution in [0, 0.1) is 0 Å². The van der Waals surface area contributed by atoms with Crippen molar-refractivity contribution in [2.75, 3.05) is 0 Å². The van der Waals surface area contributed by atoms with E-state index in [1.165, 1.54) is 33.6 Å². The molecular formula is C23H19N5O4S2. The minimum atomic E-state index is -1.27. The molecule has 1 atom stereocenters. The second-order valence-corrected chi connectivity index (χ2v) is 9.52. The van der Waals surface area contributed by atoms with E-state index in [-0.39, 0.29) is 5.56 Å². The van der Waals surface area contributed by atoms with Gasteiger partial charge in [0.25, 0.3) is 17.4 Å². The summed E-state index contributed by atoms with van der Waals surface area (Å²) in [7, 11) is 0. The average Bonchev–Trinajstić information content (AvgIpc) is 3.57. The first-order chi connectivity index (χ1) is 16.4. The maximum Gasteiger partial charge on any atom is 0.344 e. The first-order valence-electron chi connectivity index (χ1n) is 10.5. The fourth-order valence-electron chi connectivity index (χ4n) is 4.05. The maximum absolute atomic E-state index is 13.2. The topological polar surface area (TPSA) is 113 Å². The van der Waals surface area contributed by atoms with Crippen LogP contribution in [0.4, 0.5) is 4.79 Å². The molecule has 0 unspecified atom stereocenters. The zero-order valence-electron chi connectivity index (χ0n) is 18.0. The molecule has 0 saturated carbocycles. The molecule has 0 bridgehead atoms. The van der Waals surface area contributed by atoms with Crippen molar-refractivity contribution < 1.29 is 14.4 Å². The van der Waals surface area contributed by atoms with Crippen LogP contribution in [0.5, 0.6) is 0 Å². The van der Waals surface area contributed by atoms with Crippen molar-refractivity contribution in [3.8, 4) is 10.4 Å². The molecule has 2 N–H and O–H groups in total. The monoisotopic (exact) mass is 493 g/mol. The van der Waals surface area contributed by atoms with Gasteiger partial charge < -0.3 is 5.32 Å². The lowest BCUT2D eigenvalue weighted by molar-refractivity contribution is -0.139. The zero-order valence-corrected chi connectivity index (χ0v) is 19.6. The van der Waals surface area contributed by atoms with E-state index in [0.29, 0.717) is 27.2 Å². The Bertz CT molecular complexity index is 1460. The van der Waals surface area contributed by atoms with E-state index in [0.717, 1.165) is 10.4 Å². The fraction of sp³-hybridized carbons (Fsp3) is 0.174. The molecule has 3 aromatic heterocycles. The number of amides is 4. The molecule has 11 heteroatoms. The molecule has 4 heterocycles. The Kier molecular flexibility index (Phi) is 5.50. The number of hydrazine groups is 1. The highest BCUT2D eigenvalue weighted by atomic mass is 32.1. The molecule has 4 aromatic rings. The second-order valence-electron chi connectivity index (χ2n) is 7.72. The summed E-state index contributed by atoms with van der Waals surface area (Å²) in [6.45, 7) is 1.38. The lowest BCUT2D eigenvalue weighted by Crippen LogP contribution is -2.49. The van der Waals surface area contributed by atoms with Gasteiger partial charge in [-0.15, -0.1) is 22.7 Å². The normalized spacial score (nSPS) is 17.9. The summed E-state index contributed by atoms with van der Waals surface area (Å²) < 4.78 is 1.17. The van der Waals surface area contributed by atoms with Gasteiger partial charge in [-0.3, -0.25) is 24.4 Å². The number of carbonyl (C=O) groups is 3. The lowest BCUT2D eigenvalue weighted by atomic mass is 9.87. The van der Waals surface area contributed by atoms with Crippen LogP contribution in [0.15, 0.2) is 64.3 Å². The highest BCUT2D eigenvalue weighted by molar-refractivity contribution is 7.18. The van der Waals surface area contributed by atoms with Crippen LogP contribution in [0.2, 0.25) is 0 Å². The molecular weight excluding hydrogens is 474 g/mol. The summed E-state index contributed by atoms with van der Waals surface area (Å²) in [6.07, 6.45) is 1.60. The van der Waals surface area contributed by atoms with Crippen molar-refractivity contribution in [2.45, 2.75) is 25.4 Å². The number of nitrogens with one attached hydrogen (secondary N) is 2. The molecule has 1 fully saturated rings. The number of hydrogen-bond acceptors (Lipinski definition) is 7. The first kappa shape index (κ1) is 22.0. The SMILES string of the molecule is CC[C@]1(c2ccccc2)NC(=O)N(NC(=O)Cn2cnc3scc(-c4cccs4)c3c2=O)C1=O. The molecule has 0 spiro atoms. The molecule has 0 aliphatic carbocycles. The highest BCUT2D eigenvalue weighted by Gasteiger charge is 2.52. The lowest BCUT2D eigenvalue weighted by Gasteiger charge is -2.25. The van der Waals surface area contributed by atoms with Crippen molar-refractivity contribution in [1.29, 1.82) is 0 Å². The Morgan fingerprint density at radius 2 is 1.91 bits per heavy atom. The first-order valence-corrected chi connectivity index (χ1v) is 12.2. The number of rotatable bonds is 6. The fourth-order valence-corrected chi connectivity index (χ4v) is 5.77. The van der Waals surface area contributed by atoms with E-state index in [4.69, 9.17) is 0 Å². The standard InChI is InChI=1S/C23H19N5O4S2/c1-2-23(14-7-4-3-5-8-14)21(31)28(22(32)25-23)26-17(29)11-27-13-24-19-18(20(27)30)15(12-34-19)16-9-6-10-33-16/h3-10,12-13H,2,11H2,1H3,(H,25,32)(H,26,29)/t23-/m1/s1. The second kappa shape index (κ2) is 8.50. The number of aromatic nitrogens is 2. The van der Waals surface area contributed by atoms with Crippen LogP contribution in [-0.4, -0.2) is 32.4 Å². The minimum absolute atomic E-state index is 0.303. The molecule has 1 aliphatic rings. The van der Waals surface area contributed by atoms with Crippen molar-refractivity contribution >= 4 is 50.7 Å². The van der Waals surface area contributed by atoms with E-state index in [2.05, 4.69) is 15.7 Å². The summed E-state index contributed by atoms with van der Waals surface area (Å²) in [4.78, 5) is 57.5. The van der Waals surface area contributed by atoms with Gasteiger partial charge >= 0.3 is 6.03 Å². The van der Waals surface area contributed by atoms with Gasteiger partial charge in [-0.25, -0.2) is 9.78 Å². The van der Waals surface area contributed by atoms with Gasteiger partial charge in [-0.2, -0.15) is 5.01 Å². The Morgan fingerprint density at radius 1 is 1.12 bits per heavy atom. The number of urea groups is 1. The van der Waals surface area contributed by atoms with E-state index >= 15 is 0 Å². The Hall–Kier alpha value is -3.83. The minimum Gasteiger partial charge on any atom is -0.318 e. The molecule has 1 saturated heterocycles. The highest BCUT2D eigenvalue weighted by Crippen LogP contribution is 2.33. The van der Waals surface area contributed by atoms with Crippen LogP contribution in [0.1, 0.15) is 18.9 Å². The van der Waals surface area contributed by atoms with E-state index in [1.54, 1.807) is 31.2 Å². The molecule has 4 amide bonds. The Balaban J connectivity index is 1.39. The van der Waals surface area contributed by atoms with Gasteiger partial charge in [0.05, 0.1) is 11.7 Å². The van der Waals surface area contributed by atoms with Crippen LogP contribution in [-0.2, 0) is 21.7 Å². The third-order valence-corrected chi connectivity index (χ3v) is 7.58. The number of fused-ring (bicyclic) bond motifs is 1. The summed E-state index contributed by atoms with van der Waals surface area (Å²) in [6, 6.07) is 11.9. The Labute approximate surface area is 201 Å². The van der Waals surface area contributed by atoms with Crippen molar-refractivity contribution in [2.24, 2.45) is 0 Å². The molecule has 0 radical (unpaired) electrons. The quantitative estimate of drug-likeness (QED) is 0.401. The van der Waals surface area contributed by atoms with Crippen LogP contribution >= 0.6 is 22.7 Å². The van der Waals surface area contributed by atoms with Gasteiger partial charge in [-0.05, 0) is 23.4 Å². The number of carbonyl (C=O) groups excluding carboxylic acids is 3. The molecule has 172 valence electrons. The molecule has 9 nitrogen and oxygen atoms in total. The van der Waals surface area contributed by atoms with Gasteiger partial charge in [0.15, 0.2) is 0 Å². The number of nitrogens with zero attached hydrogens (tertiary/aromatic N) is 3. The summed E-state index contributed by atoms with van der Waals surface area (Å²) in [5, 5.41) is 7.61. The molecule has 1 aliphatic heterocycles. The van der Waals surface area contributed by atoms with Crippen molar-refractivity contribution in [3.63, 3.8) is 0 Å². The van der Waals surface area contributed by atoms with Crippen molar-refractivity contribution in [1.82, 2.24) is 25.3 Å². The third kappa shape index (κ3) is 3.49. The maximum atomic E-state index is 13.2.